The molecule has 16 heavy (non-hydrogen) atoms. The smallest absolute Gasteiger partial charge is 0.00143 e. The van der Waals surface area contributed by atoms with E-state index in [0.29, 0.717) is 0 Å². The zero-order chi connectivity index (χ0) is 11.8. The number of rotatable bonds is 1. The van der Waals surface area contributed by atoms with Crippen molar-refractivity contribution in [2.24, 2.45) is 11.8 Å². The van der Waals surface area contributed by atoms with Crippen molar-refractivity contribution in [3.63, 3.8) is 0 Å². The molecule has 90 valence electrons. The SMILES string of the molecule is CC#CC1=CC(CC)CCCCCC(C)C1. The second kappa shape index (κ2) is 7.55. The Morgan fingerprint density at radius 2 is 2.00 bits per heavy atom. The van der Waals surface area contributed by atoms with E-state index in [2.05, 4.69) is 31.8 Å². The molecule has 0 saturated heterocycles. The Morgan fingerprint density at radius 3 is 2.69 bits per heavy atom. The molecule has 0 aromatic rings. The van der Waals surface area contributed by atoms with Crippen LogP contribution in [0.4, 0.5) is 0 Å². The maximum atomic E-state index is 3.31. The zero-order valence-electron chi connectivity index (χ0n) is 11.2. The van der Waals surface area contributed by atoms with Crippen LogP contribution in [0.5, 0.6) is 0 Å². The Labute approximate surface area is 102 Å². The van der Waals surface area contributed by atoms with E-state index in [4.69, 9.17) is 0 Å². The number of hydrogen-bond donors (Lipinski definition) is 0. The molecular weight excluding hydrogens is 192 g/mol. The van der Waals surface area contributed by atoms with Gasteiger partial charge in [0, 0.05) is 0 Å². The fourth-order valence-electron chi connectivity index (χ4n) is 2.56. The van der Waals surface area contributed by atoms with Crippen LogP contribution in [0.3, 0.4) is 0 Å². The molecule has 0 aromatic carbocycles. The minimum Gasteiger partial charge on any atom is -0.102 e. The summed E-state index contributed by atoms with van der Waals surface area (Å²) < 4.78 is 0. The predicted octanol–water partition coefficient (Wildman–Crippen LogP) is 4.95. The van der Waals surface area contributed by atoms with Crippen LogP contribution in [0.25, 0.3) is 0 Å². The summed E-state index contributed by atoms with van der Waals surface area (Å²) >= 11 is 0. The van der Waals surface area contributed by atoms with E-state index >= 15 is 0 Å². The molecule has 0 nitrogen and oxygen atoms in total. The number of hydrogen-bond acceptors (Lipinski definition) is 0. The van der Waals surface area contributed by atoms with Crippen LogP contribution in [0.1, 0.15) is 65.7 Å². The van der Waals surface area contributed by atoms with Gasteiger partial charge >= 0.3 is 0 Å². The highest BCUT2D eigenvalue weighted by Gasteiger charge is 2.10. The summed E-state index contributed by atoms with van der Waals surface area (Å²) in [6.07, 6.45) is 11.9. The fourth-order valence-corrected chi connectivity index (χ4v) is 2.56. The van der Waals surface area contributed by atoms with E-state index in [0.717, 1.165) is 11.8 Å². The molecule has 0 bridgehead atoms. The minimum atomic E-state index is 0.765. The Kier molecular flexibility index (Phi) is 6.31. The van der Waals surface area contributed by atoms with Crippen molar-refractivity contribution in [1.82, 2.24) is 0 Å². The topological polar surface area (TPSA) is 0 Å². The van der Waals surface area contributed by atoms with Gasteiger partial charge in [-0.3, -0.25) is 0 Å². The third kappa shape index (κ3) is 4.88. The molecule has 0 heteroatoms. The standard InChI is InChI=1S/C16H26/c1-4-9-16-12-14(3)10-7-6-8-11-15(5-2)13-16/h13-15H,5-8,10-12H2,1-3H3. The summed E-state index contributed by atoms with van der Waals surface area (Å²) in [5, 5.41) is 0. The highest BCUT2D eigenvalue weighted by molar-refractivity contribution is 5.28. The molecule has 0 aliphatic heterocycles. The molecule has 0 aromatic heterocycles. The number of allylic oxidation sites excluding steroid dienone is 2. The third-order valence-electron chi connectivity index (χ3n) is 3.59. The first-order valence-corrected chi connectivity index (χ1v) is 6.89. The average molecular weight is 218 g/mol. The van der Waals surface area contributed by atoms with Crippen molar-refractivity contribution in [2.45, 2.75) is 65.7 Å². The summed E-state index contributed by atoms with van der Waals surface area (Å²) in [4.78, 5) is 0. The lowest BCUT2D eigenvalue weighted by atomic mass is 9.88. The monoisotopic (exact) mass is 218 g/mol. The van der Waals surface area contributed by atoms with Crippen LogP contribution >= 0.6 is 0 Å². The van der Waals surface area contributed by atoms with Gasteiger partial charge in [0.1, 0.15) is 0 Å². The second-order valence-electron chi connectivity index (χ2n) is 5.18. The average Bonchev–Trinajstić information content (AvgIpc) is 2.27. The molecule has 1 rings (SSSR count). The van der Waals surface area contributed by atoms with Crippen LogP contribution < -0.4 is 0 Å². The van der Waals surface area contributed by atoms with Crippen LogP contribution in [0.2, 0.25) is 0 Å². The van der Waals surface area contributed by atoms with E-state index in [9.17, 15) is 0 Å². The quantitative estimate of drug-likeness (QED) is 0.546. The molecule has 0 fully saturated rings. The summed E-state index contributed by atoms with van der Waals surface area (Å²) in [5.41, 5.74) is 1.39. The molecule has 2 atom stereocenters. The van der Waals surface area contributed by atoms with Gasteiger partial charge < -0.3 is 0 Å². The van der Waals surface area contributed by atoms with Gasteiger partial charge in [-0.2, -0.15) is 0 Å². The molecule has 0 saturated carbocycles. The first kappa shape index (κ1) is 13.4. The van der Waals surface area contributed by atoms with E-state index < -0.39 is 0 Å². The van der Waals surface area contributed by atoms with E-state index in [1.807, 2.05) is 6.92 Å². The van der Waals surface area contributed by atoms with Crippen molar-refractivity contribution in [3.05, 3.63) is 11.6 Å². The normalized spacial score (nSPS) is 27.6. The molecule has 1 aliphatic rings. The highest BCUT2D eigenvalue weighted by atomic mass is 14.2. The van der Waals surface area contributed by atoms with Crippen molar-refractivity contribution in [2.75, 3.05) is 0 Å². The molecule has 1 aliphatic carbocycles. The summed E-state index contributed by atoms with van der Waals surface area (Å²) in [7, 11) is 0. The van der Waals surface area contributed by atoms with E-state index in [1.54, 1.807) is 0 Å². The van der Waals surface area contributed by atoms with Gasteiger partial charge in [-0.15, -0.1) is 5.92 Å². The molecule has 0 heterocycles. The lowest BCUT2D eigenvalue weighted by molar-refractivity contribution is 0.450. The lowest BCUT2D eigenvalue weighted by Crippen LogP contribution is -2.03. The third-order valence-corrected chi connectivity index (χ3v) is 3.59. The maximum absolute atomic E-state index is 3.31. The van der Waals surface area contributed by atoms with Gasteiger partial charge in [-0.05, 0) is 43.6 Å². The maximum Gasteiger partial charge on any atom is -0.00143 e. The Bertz CT molecular complexity index is 274. The molecular formula is C16H26. The van der Waals surface area contributed by atoms with Crippen molar-refractivity contribution in [1.29, 1.82) is 0 Å². The lowest BCUT2D eigenvalue weighted by Gasteiger charge is -2.17. The van der Waals surface area contributed by atoms with Gasteiger partial charge in [0.15, 0.2) is 0 Å². The Balaban J connectivity index is 2.75. The van der Waals surface area contributed by atoms with Gasteiger partial charge in [0.2, 0.25) is 0 Å². The molecule has 0 radical (unpaired) electrons. The van der Waals surface area contributed by atoms with Gasteiger partial charge in [-0.25, -0.2) is 0 Å². The summed E-state index contributed by atoms with van der Waals surface area (Å²) in [5.74, 6) is 7.95. The molecule has 0 spiro atoms. The highest BCUT2D eigenvalue weighted by Crippen LogP contribution is 2.25. The zero-order valence-corrected chi connectivity index (χ0v) is 11.2. The first-order valence-electron chi connectivity index (χ1n) is 6.89. The fraction of sp³-hybridized carbons (Fsp3) is 0.750. The van der Waals surface area contributed by atoms with Crippen LogP contribution in [-0.4, -0.2) is 0 Å². The Hall–Kier alpha value is -0.700. The van der Waals surface area contributed by atoms with Crippen molar-refractivity contribution < 1.29 is 0 Å². The van der Waals surface area contributed by atoms with Crippen LogP contribution in [0, 0.1) is 23.7 Å². The van der Waals surface area contributed by atoms with Gasteiger partial charge in [0.25, 0.3) is 0 Å². The second-order valence-corrected chi connectivity index (χ2v) is 5.18. The molecule has 2 unspecified atom stereocenters. The van der Waals surface area contributed by atoms with Crippen LogP contribution in [-0.2, 0) is 0 Å². The van der Waals surface area contributed by atoms with E-state index in [1.165, 1.54) is 50.5 Å². The van der Waals surface area contributed by atoms with Gasteiger partial charge in [0.05, 0.1) is 0 Å². The van der Waals surface area contributed by atoms with Gasteiger partial charge in [-0.1, -0.05) is 51.5 Å². The summed E-state index contributed by atoms with van der Waals surface area (Å²) in [6.45, 7) is 6.62. The predicted molar refractivity (Wildman–Crippen MR) is 72.2 cm³/mol. The first-order chi connectivity index (χ1) is 7.76. The molecule has 0 amide bonds. The van der Waals surface area contributed by atoms with Crippen LogP contribution in [0.15, 0.2) is 11.6 Å². The van der Waals surface area contributed by atoms with Crippen molar-refractivity contribution in [3.8, 4) is 11.8 Å². The summed E-state index contributed by atoms with van der Waals surface area (Å²) in [6, 6.07) is 0. The van der Waals surface area contributed by atoms with E-state index in [-0.39, 0.29) is 0 Å². The largest absolute Gasteiger partial charge is 0.102 e. The molecule has 0 N–H and O–H groups in total. The Morgan fingerprint density at radius 1 is 1.25 bits per heavy atom. The minimum absolute atomic E-state index is 0.765. The van der Waals surface area contributed by atoms with Crippen molar-refractivity contribution >= 4 is 0 Å².